The van der Waals surface area contributed by atoms with Gasteiger partial charge in [0.25, 0.3) is 0 Å². The molecule has 1 N–H and O–H groups in total. The number of fused-ring (bicyclic) bond motifs is 2. The van der Waals surface area contributed by atoms with Crippen LogP contribution in [0.1, 0.15) is 11.1 Å². The van der Waals surface area contributed by atoms with Crippen molar-refractivity contribution in [3.63, 3.8) is 0 Å². The van der Waals surface area contributed by atoms with Gasteiger partial charge in [-0.3, -0.25) is 4.90 Å². The van der Waals surface area contributed by atoms with Gasteiger partial charge in [0.2, 0.25) is 0 Å². The highest BCUT2D eigenvalue weighted by Gasteiger charge is 2.36. The maximum atomic E-state index is 10.0. The van der Waals surface area contributed by atoms with Crippen LogP contribution in [-0.2, 0) is 0 Å². The van der Waals surface area contributed by atoms with Crippen molar-refractivity contribution in [3.05, 3.63) is 41.5 Å². The molecule has 0 saturated carbocycles. The van der Waals surface area contributed by atoms with Gasteiger partial charge in [-0.25, -0.2) is 0 Å². The Labute approximate surface area is 96.2 Å². The van der Waals surface area contributed by atoms with Crippen LogP contribution in [0.15, 0.2) is 30.3 Å². The quantitative estimate of drug-likeness (QED) is 0.770. The first-order chi connectivity index (χ1) is 7.74. The fourth-order valence-electron chi connectivity index (χ4n) is 2.86. The molecule has 2 aliphatic heterocycles. The molecule has 2 aliphatic rings. The van der Waals surface area contributed by atoms with E-state index in [2.05, 4.69) is 42.2 Å². The molecule has 0 aliphatic carbocycles. The number of aryl methyl sites for hydroxylation is 1. The van der Waals surface area contributed by atoms with Gasteiger partial charge in [0, 0.05) is 25.6 Å². The molecule has 2 heteroatoms. The van der Waals surface area contributed by atoms with Crippen LogP contribution in [0, 0.1) is 12.8 Å². The van der Waals surface area contributed by atoms with Crippen LogP contribution in [0.4, 0.5) is 0 Å². The van der Waals surface area contributed by atoms with Crippen molar-refractivity contribution in [2.45, 2.75) is 13.0 Å². The van der Waals surface area contributed by atoms with Crippen molar-refractivity contribution in [2.24, 2.45) is 5.92 Å². The highest BCUT2D eigenvalue weighted by Crippen LogP contribution is 2.35. The molecule has 1 aromatic rings. The average molecular weight is 215 g/mol. The number of benzene rings is 1. The van der Waals surface area contributed by atoms with Crippen molar-refractivity contribution >= 4 is 5.57 Å². The van der Waals surface area contributed by atoms with E-state index in [0.29, 0.717) is 5.92 Å². The minimum atomic E-state index is -0.186. The van der Waals surface area contributed by atoms with Crippen LogP contribution in [0.5, 0.6) is 0 Å². The summed E-state index contributed by atoms with van der Waals surface area (Å²) in [4.78, 5) is 2.31. The normalized spacial score (nSPS) is 32.6. The Bertz CT molecular complexity index is 438. The molecule has 1 fully saturated rings. The predicted octanol–water partition coefficient (Wildman–Crippen LogP) is 1.68. The predicted molar refractivity (Wildman–Crippen MR) is 65.1 cm³/mol. The first-order valence-electron chi connectivity index (χ1n) is 5.91. The highest BCUT2D eigenvalue weighted by molar-refractivity contribution is 5.70. The van der Waals surface area contributed by atoms with E-state index in [-0.39, 0.29) is 6.10 Å². The molecule has 16 heavy (non-hydrogen) atoms. The van der Waals surface area contributed by atoms with Crippen LogP contribution in [0.2, 0.25) is 0 Å². The number of aliphatic hydroxyl groups is 1. The lowest BCUT2D eigenvalue weighted by atomic mass is 9.88. The fraction of sp³-hybridized carbons (Fsp3) is 0.429. The van der Waals surface area contributed by atoms with E-state index in [4.69, 9.17) is 0 Å². The SMILES string of the molecule is Cc1cccc(C2=CCN3CC(O)C2C3)c1. The van der Waals surface area contributed by atoms with Crippen LogP contribution >= 0.6 is 0 Å². The van der Waals surface area contributed by atoms with Crippen LogP contribution in [-0.4, -0.2) is 35.7 Å². The Morgan fingerprint density at radius 3 is 3.00 bits per heavy atom. The van der Waals surface area contributed by atoms with Crippen molar-refractivity contribution in [1.29, 1.82) is 0 Å². The minimum Gasteiger partial charge on any atom is -0.391 e. The summed E-state index contributed by atoms with van der Waals surface area (Å²) in [6, 6.07) is 8.58. The molecule has 2 bridgehead atoms. The smallest absolute Gasteiger partial charge is 0.0748 e. The summed E-state index contributed by atoms with van der Waals surface area (Å²) in [6.07, 6.45) is 2.09. The Balaban J connectivity index is 1.98. The van der Waals surface area contributed by atoms with Gasteiger partial charge in [-0.05, 0) is 18.1 Å². The standard InChI is InChI=1S/C14H17NO/c1-10-3-2-4-11(7-10)12-5-6-15-8-13(12)14(16)9-15/h2-5,7,13-14,16H,6,8-9H2,1H3. The molecular formula is C14H17NO. The fourth-order valence-corrected chi connectivity index (χ4v) is 2.86. The van der Waals surface area contributed by atoms with Crippen molar-refractivity contribution in [1.82, 2.24) is 4.90 Å². The third-order valence-electron chi connectivity index (χ3n) is 3.68. The van der Waals surface area contributed by atoms with Crippen molar-refractivity contribution in [2.75, 3.05) is 19.6 Å². The number of aliphatic hydroxyl groups excluding tert-OH is 1. The molecular weight excluding hydrogens is 198 g/mol. The Morgan fingerprint density at radius 2 is 2.19 bits per heavy atom. The summed E-state index contributed by atoms with van der Waals surface area (Å²) >= 11 is 0. The molecule has 1 aromatic carbocycles. The van der Waals surface area contributed by atoms with E-state index in [9.17, 15) is 5.11 Å². The number of hydrogen-bond donors (Lipinski definition) is 1. The Morgan fingerprint density at radius 1 is 1.31 bits per heavy atom. The van der Waals surface area contributed by atoms with E-state index in [1.54, 1.807) is 0 Å². The zero-order chi connectivity index (χ0) is 11.1. The van der Waals surface area contributed by atoms with E-state index in [1.807, 2.05) is 0 Å². The number of nitrogens with zero attached hydrogens (tertiary/aromatic N) is 1. The molecule has 0 spiro atoms. The first kappa shape index (κ1) is 10.1. The molecule has 2 heterocycles. The second-order valence-electron chi connectivity index (χ2n) is 4.92. The molecule has 0 amide bonds. The van der Waals surface area contributed by atoms with Crippen molar-refractivity contribution in [3.8, 4) is 0 Å². The summed E-state index contributed by atoms with van der Waals surface area (Å²) in [5.74, 6) is 0.315. The van der Waals surface area contributed by atoms with Gasteiger partial charge < -0.3 is 5.11 Å². The lowest BCUT2D eigenvalue weighted by Gasteiger charge is -2.23. The zero-order valence-electron chi connectivity index (χ0n) is 9.56. The Kier molecular flexibility index (Phi) is 2.34. The summed E-state index contributed by atoms with van der Waals surface area (Å²) in [6.45, 7) is 4.94. The first-order valence-corrected chi connectivity index (χ1v) is 5.91. The van der Waals surface area contributed by atoms with Gasteiger partial charge in [-0.15, -0.1) is 0 Å². The van der Waals surface area contributed by atoms with Gasteiger partial charge in [-0.1, -0.05) is 35.9 Å². The van der Waals surface area contributed by atoms with Gasteiger partial charge in [-0.2, -0.15) is 0 Å². The van der Waals surface area contributed by atoms with Crippen LogP contribution < -0.4 is 0 Å². The van der Waals surface area contributed by atoms with Gasteiger partial charge in [0.05, 0.1) is 6.10 Å². The number of hydrogen-bond acceptors (Lipinski definition) is 2. The van der Waals surface area contributed by atoms with E-state index in [1.165, 1.54) is 16.7 Å². The van der Waals surface area contributed by atoms with Crippen LogP contribution in [0.25, 0.3) is 5.57 Å². The van der Waals surface area contributed by atoms with E-state index >= 15 is 0 Å². The lowest BCUT2D eigenvalue weighted by Crippen LogP contribution is -2.25. The molecule has 0 aromatic heterocycles. The summed E-state index contributed by atoms with van der Waals surface area (Å²) in [5.41, 5.74) is 3.91. The molecule has 3 unspecified atom stereocenters. The maximum absolute atomic E-state index is 10.0. The van der Waals surface area contributed by atoms with E-state index in [0.717, 1.165) is 19.6 Å². The summed E-state index contributed by atoms with van der Waals surface area (Å²) in [5, 5.41) is 10.0. The maximum Gasteiger partial charge on any atom is 0.0748 e. The van der Waals surface area contributed by atoms with Gasteiger partial charge >= 0.3 is 0 Å². The van der Waals surface area contributed by atoms with Gasteiger partial charge in [0.15, 0.2) is 0 Å². The van der Waals surface area contributed by atoms with Crippen LogP contribution in [0.3, 0.4) is 0 Å². The zero-order valence-corrected chi connectivity index (χ0v) is 9.56. The third-order valence-corrected chi connectivity index (χ3v) is 3.68. The molecule has 1 saturated heterocycles. The number of rotatable bonds is 1. The molecule has 3 atom stereocenters. The Hall–Kier alpha value is -1.12. The molecule has 2 nitrogen and oxygen atoms in total. The summed E-state index contributed by atoms with van der Waals surface area (Å²) < 4.78 is 0. The van der Waals surface area contributed by atoms with Gasteiger partial charge in [0.1, 0.15) is 0 Å². The largest absolute Gasteiger partial charge is 0.391 e. The summed E-state index contributed by atoms with van der Waals surface area (Å²) in [7, 11) is 0. The minimum absolute atomic E-state index is 0.186. The lowest BCUT2D eigenvalue weighted by molar-refractivity contribution is 0.164. The monoisotopic (exact) mass is 215 g/mol. The van der Waals surface area contributed by atoms with E-state index < -0.39 is 0 Å². The topological polar surface area (TPSA) is 23.5 Å². The highest BCUT2D eigenvalue weighted by atomic mass is 16.3. The molecule has 0 radical (unpaired) electrons. The average Bonchev–Trinajstić information content (AvgIpc) is 2.55. The molecule has 3 rings (SSSR count). The molecule has 84 valence electrons. The van der Waals surface area contributed by atoms with Crippen molar-refractivity contribution < 1.29 is 5.11 Å². The second-order valence-corrected chi connectivity index (χ2v) is 4.92. The third kappa shape index (κ3) is 1.58. The second kappa shape index (κ2) is 3.72.